The number of benzene rings is 1. The summed E-state index contributed by atoms with van der Waals surface area (Å²) < 4.78 is 11.2. The highest BCUT2D eigenvalue weighted by Gasteiger charge is 2.33. The van der Waals surface area contributed by atoms with E-state index in [2.05, 4.69) is 4.98 Å². The van der Waals surface area contributed by atoms with E-state index in [4.69, 9.17) is 21.1 Å². The second-order valence-corrected chi connectivity index (χ2v) is 5.53. The third-order valence-electron chi connectivity index (χ3n) is 3.46. The fourth-order valence-corrected chi connectivity index (χ4v) is 2.57. The summed E-state index contributed by atoms with van der Waals surface area (Å²) in [6.07, 6.45) is 0.332. The highest BCUT2D eigenvalue weighted by atomic mass is 35.5. The molecule has 7 heteroatoms. The first-order valence-corrected chi connectivity index (χ1v) is 7.45. The van der Waals surface area contributed by atoms with Gasteiger partial charge in [0.05, 0.1) is 24.3 Å². The number of aromatic nitrogens is 1. The Labute approximate surface area is 138 Å². The van der Waals surface area contributed by atoms with Gasteiger partial charge in [-0.05, 0) is 11.6 Å². The molecular weight excluding hydrogens is 320 g/mol. The SMILES string of the molecule is O=C(O)N1c2cc(Cl)cnc2OC[C@@H]1COCc1ccccc1. The van der Waals surface area contributed by atoms with E-state index >= 15 is 0 Å². The van der Waals surface area contributed by atoms with Crippen LogP contribution in [0.2, 0.25) is 5.02 Å². The van der Waals surface area contributed by atoms with Gasteiger partial charge in [-0.15, -0.1) is 0 Å². The molecule has 0 unspecified atom stereocenters. The molecule has 1 aliphatic heterocycles. The van der Waals surface area contributed by atoms with Crippen molar-refractivity contribution in [2.75, 3.05) is 18.1 Å². The summed E-state index contributed by atoms with van der Waals surface area (Å²) in [4.78, 5) is 16.8. The van der Waals surface area contributed by atoms with Gasteiger partial charge in [-0.2, -0.15) is 0 Å². The smallest absolute Gasteiger partial charge is 0.412 e. The van der Waals surface area contributed by atoms with Gasteiger partial charge in [0.15, 0.2) is 0 Å². The van der Waals surface area contributed by atoms with Crippen LogP contribution < -0.4 is 9.64 Å². The first-order chi connectivity index (χ1) is 11.1. The highest BCUT2D eigenvalue weighted by Crippen LogP contribution is 2.34. The van der Waals surface area contributed by atoms with Crippen LogP contribution >= 0.6 is 11.6 Å². The van der Waals surface area contributed by atoms with Gasteiger partial charge in [-0.25, -0.2) is 9.78 Å². The van der Waals surface area contributed by atoms with Crippen molar-refractivity contribution in [3.05, 3.63) is 53.2 Å². The Balaban J connectivity index is 1.71. The number of ether oxygens (including phenoxy) is 2. The number of halogens is 1. The number of nitrogens with zero attached hydrogens (tertiary/aromatic N) is 2. The molecule has 0 fully saturated rings. The molecule has 120 valence electrons. The molecule has 0 aliphatic carbocycles. The lowest BCUT2D eigenvalue weighted by Gasteiger charge is -2.34. The van der Waals surface area contributed by atoms with Crippen LogP contribution in [0, 0.1) is 0 Å². The van der Waals surface area contributed by atoms with Gasteiger partial charge in [-0.3, -0.25) is 4.90 Å². The number of hydrogen-bond acceptors (Lipinski definition) is 4. The predicted octanol–water partition coefficient (Wildman–Crippen LogP) is 3.20. The van der Waals surface area contributed by atoms with Crippen molar-refractivity contribution < 1.29 is 19.4 Å². The Hall–Kier alpha value is -2.31. The molecule has 6 nitrogen and oxygen atoms in total. The topological polar surface area (TPSA) is 71.9 Å². The number of anilines is 1. The Morgan fingerprint density at radius 3 is 2.96 bits per heavy atom. The molecule has 0 bridgehead atoms. The Morgan fingerprint density at radius 1 is 1.43 bits per heavy atom. The molecule has 1 aromatic carbocycles. The number of fused-ring (bicyclic) bond motifs is 1. The summed E-state index contributed by atoms with van der Waals surface area (Å²) in [5.74, 6) is 0.260. The lowest BCUT2D eigenvalue weighted by molar-refractivity contribution is 0.0842. The summed E-state index contributed by atoms with van der Waals surface area (Å²) in [5, 5.41) is 9.86. The van der Waals surface area contributed by atoms with Gasteiger partial charge in [0.1, 0.15) is 12.3 Å². The van der Waals surface area contributed by atoms with Crippen molar-refractivity contribution in [3.63, 3.8) is 0 Å². The van der Waals surface area contributed by atoms with Crippen LogP contribution in [0.5, 0.6) is 5.88 Å². The Kier molecular flexibility index (Phi) is 4.64. The first kappa shape index (κ1) is 15.6. The average molecular weight is 335 g/mol. The van der Waals surface area contributed by atoms with E-state index in [1.54, 1.807) is 0 Å². The molecule has 3 rings (SSSR count). The quantitative estimate of drug-likeness (QED) is 0.929. The fraction of sp³-hybridized carbons (Fsp3) is 0.250. The van der Waals surface area contributed by atoms with Crippen LogP contribution in [-0.2, 0) is 11.3 Å². The molecule has 2 aromatic rings. The molecule has 1 atom stereocenters. The van der Waals surface area contributed by atoms with E-state index in [9.17, 15) is 9.90 Å². The van der Waals surface area contributed by atoms with Crippen LogP contribution in [0.3, 0.4) is 0 Å². The minimum absolute atomic E-state index is 0.183. The predicted molar refractivity (Wildman–Crippen MR) is 85.1 cm³/mol. The van der Waals surface area contributed by atoms with Gasteiger partial charge >= 0.3 is 6.09 Å². The average Bonchev–Trinajstić information content (AvgIpc) is 2.55. The van der Waals surface area contributed by atoms with Crippen molar-refractivity contribution in [3.8, 4) is 5.88 Å². The second kappa shape index (κ2) is 6.85. The van der Waals surface area contributed by atoms with Crippen LogP contribution in [0.15, 0.2) is 42.6 Å². The summed E-state index contributed by atoms with van der Waals surface area (Å²) in [5.41, 5.74) is 1.36. The van der Waals surface area contributed by atoms with E-state index in [-0.39, 0.29) is 19.1 Å². The lowest BCUT2D eigenvalue weighted by atomic mass is 10.2. The zero-order valence-corrected chi connectivity index (χ0v) is 12.9. The van der Waals surface area contributed by atoms with Crippen LogP contribution in [0.1, 0.15) is 5.56 Å². The Bertz CT molecular complexity index is 696. The van der Waals surface area contributed by atoms with E-state index in [0.717, 1.165) is 5.56 Å². The van der Waals surface area contributed by atoms with E-state index in [1.165, 1.54) is 17.2 Å². The zero-order valence-electron chi connectivity index (χ0n) is 12.2. The maximum atomic E-state index is 11.6. The molecule has 2 heterocycles. The van der Waals surface area contributed by atoms with E-state index < -0.39 is 12.1 Å². The van der Waals surface area contributed by atoms with Crippen molar-refractivity contribution in [2.24, 2.45) is 0 Å². The number of rotatable bonds is 4. The van der Waals surface area contributed by atoms with Crippen molar-refractivity contribution in [1.82, 2.24) is 4.98 Å². The number of pyridine rings is 1. The lowest BCUT2D eigenvalue weighted by Crippen LogP contribution is -2.49. The number of amides is 1. The fourth-order valence-electron chi connectivity index (χ4n) is 2.42. The molecule has 0 saturated heterocycles. The monoisotopic (exact) mass is 334 g/mol. The molecule has 1 amide bonds. The van der Waals surface area contributed by atoms with Crippen LogP contribution in [0.4, 0.5) is 10.5 Å². The van der Waals surface area contributed by atoms with E-state index in [0.29, 0.717) is 17.3 Å². The third-order valence-corrected chi connectivity index (χ3v) is 3.67. The second-order valence-electron chi connectivity index (χ2n) is 5.10. The first-order valence-electron chi connectivity index (χ1n) is 7.07. The van der Waals surface area contributed by atoms with E-state index in [1.807, 2.05) is 30.3 Å². The molecule has 1 aliphatic rings. The molecular formula is C16H15ClN2O4. The molecule has 23 heavy (non-hydrogen) atoms. The zero-order chi connectivity index (χ0) is 16.2. The largest absolute Gasteiger partial charge is 0.474 e. The van der Waals surface area contributed by atoms with Crippen molar-refractivity contribution in [2.45, 2.75) is 12.6 Å². The summed E-state index contributed by atoms with van der Waals surface area (Å²) >= 11 is 5.91. The van der Waals surface area contributed by atoms with Crippen molar-refractivity contribution in [1.29, 1.82) is 0 Å². The van der Waals surface area contributed by atoms with Crippen LogP contribution in [0.25, 0.3) is 0 Å². The molecule has 0 saturated carbocycles. The maximum Gasteiger partial charge on any atom is 0.412 e. The van der Waals surface area contributed by atoms with Crippen LogP contribution in [-0.4, -0.2) is 35.4 Å². The normalized spacial score (nSPS) is 16.6. The minimum Gasteiger partial charge on any atom is -0.474 e. The van der Waals surface area contributed by atoms with Gasteiger partial charge in [0.2, 0.25) is 5.88 Å². The molecule has 0 spiro atoms. The number of carboxylic acid groups (broad SMARTS) is 1. The van der Waals surface area contributed by atoms with Gasteiger partial charge in [0, 0.05) is 6.20 Å². The summed E-state index contributed by atoms with van der Waals surface area (Å²) in [7, 11) is 0. The number of hydrogen-bond donors (Lipinski definition) is 1. The van der Waals surface area contributed by atoms with Gasteiger partial charge < -0.3 is 14.6 Å². The number of carbonyl (C=O) groups is 1. The molecule has 0 radical (unpaired) electrons. The Morgan fingerprint density at radius 2 is 2.22 bits per heavy atom. The van der Waals surface area contributed by atoms with Crippen molar-refractivity contribution >= 4 is 23.4 Å². The summed E-state index contributed by atoms with van der Waals surface area (Å²) in [6, 6.07) is 10.8. The van der Waals surface area contributed by atoms with Gasteiger partial charge in [-0.1, -0.05) is 41.9 Å². The molecule has 1 aromatic heterocycles. The maximum absolute atomic E-state index is 11.6. The minimum atomic E-state index is -1.09. The standard InChI is InChI=1S/C16H15ClN2O4/c17-12-6-14-15(18-7-12)23-10-13(19(14)16(20)21)9-22-8-11-4-2-1-3-5-11/h1-7,13H,8-10H2,(H,20,21)/t13-/m0/s1. The van der Waals surface area contributed by atoms with Gasteiger partial charge in [0.25, 0.3) is 0 Å². The third kappa shape index (κ3) is 3.55. The molecule has 1 N–H and O–H groups in total. The summed E-state index contributed by atoms with van der Waals surface area (Å²) in [6.45, 7) is 0.807. The highest BCUT2D eigenvalue weighted by molar-refractivity contribution is 6.30.